The smallest absolute Gasteiger partial charge is 0.266 e. The van der Waals surface area contributed by atoms with Crippen LogP contribution in [-0.4, -0.2) is 17.9 Å². The van der Waals surface area contributed by atoms with Gasteiger partial charge >= 0.3 is 0 Å². The molecule has 2 aliphatic rings. The Morgan fingerprint density at radius 3 is 2.15 bits per heavy atom. The van der Waals surface area contributed by atoms with E-state index in [0.717, 1.165) is 26.9 Å². The van der Waals surface area contributed by atoms with Crippen LogP contribution >= 0.6 is 23.2 Å². The second-order valence-electron chi connectivity index (χ2n) is 8.37. The third-order valence-corrected chi connectivity index (χ3v) is 6.81. The lowest BCUT2D eigenvalue weighted by atomic mass is 9.87. The summed E-state index contributed by atoms with van der Waals surface area (Å²) in [6, 6.07) is 27.7. The molecular formula is C27H18Cl2N2O3. The molecule has 3 unspecified atom stereocenters. The number of anilines is 2. The van der Waals surface area contributed by atoms with Crippen molar-refractivity contribution in [1.82, 2.24) is 0 Å². The van der Waals surface area contributed by atoms with Gasteiger partial charge in [-0.15, -0.1) is 0 Å². The zero-order valence-electron chi connectivity index (χ0n) is 17.8. The van der Waals surface area contributed by atoms with Crippen molar-refractivity contribution in [3.8, 4) is 0 Å². The number of hydrogen-bond acceptors (Lipinski definition) is 4. The van der Waals surface area contributed by atoms with Crippen LogP contribution in [0.5, 0.6) is 0 Å². The van der Waals surface area contributed by atoms with Crippen molar-refractivity contribution in [1.29, 1.82) is 0 Å². The van der Waals surface area contributed by atoms with Crippen LogP contribution in [0.3, 0.4) is 0 Å². The van der Waals surface area contributed by atoms with Crippen LogP contribution in [0.25, 0.3) is 10.8 Å². The SMILES string of the molecule is O=C1C2ON(c3ccccc3)C(c3cccc4ccccc34)C2C(=O)N1c1cc(Cl)cc(Cl)c1. The van der Waals surface area contributed by atoms with Gasteiger partial charge in [0.25, 0.3) is 5.91 Å². The molecule has 168 valence electrons. The molecule has 2 amide bonds. The maximum absolute atomic E-state index is 13.8. The molecule has 2 saturated heterocycles. The summed E-state index contributed by atoms with van der Waals surface area (Å²) >= 11 is 12.3. The second kappa shape index (κ2) is 8.13. The first kappa shape index (κ1) is 21.2. The van der Waals surface area contributed by atoms with E-state index in [4.69, 9.17) is 28.0 Å². The summed E-state index contributed by atoms with van der Waals surface area (Å²) in [4.78, 5) is 34.7. The predicted octanol–water partition coefficient (Wildman–Crippen LogP) is 6.20. The molecule has 2 aliphatic heterocycles. The Morgan fingerprint density at radius 2 is 1.38 bits per heavy atom. The molecule has 2 heterocycles. The number of carbonyl (C=O) groups excluding carboxylic acids is 2. The lowest BCUT2D eigenvalue weighted by molar-refractivity contribution is -0.126. The third kappa shape index (κ3) is 3.28. The minimum atomic E-state index is -0.963. The van der Waals surface area contributed by atoms with Crippen molar-refractivity contribution < 1.29 is 14.4 Å². The predicted molar refractivity (Wildman–Crippen MR) is 133 cm³/mol. The molecule has 0 radical (unpaired) electrons. The van der Waals surface area contributed by atoms with Gasteiger partial charge in [0.05, 0.1) is 17.4 Å². The van der Waals surface area contributed by atoms with E-state index in [2.05, 4.69) is 0 Å². The van der Waals surface area contributed by atoms with Gasteiger partial charge in [-0.3, -0.25) is 14.4 Å². The molecule has 5 nitrogen and oxygen atoms in total. The van der Waals surface area contributed by atoms with Gasteiger partial charge in [0.2, 0.25) is 5.91 Å². The van der Waals surface area contributed by atoms with Crippen LogP contribution < -0.4 is 9.96 Å². The Balaban J connectivity index is 1.51. The van der Waals surface area contributed by atoms with Crippen molar-refractivity contribution in [3.63, 3.8) is 0 Å². The van der Waals surface area contributed by atoms with E-state index in [1.165, 1.54) is 0 Å². The van der Waals surface area contributed by atoms with Crippen LogP contribution in [0.1, 0.15) is 11.6 Å². The van der Waals surface area contributed by atoms with Gasteiger partial charge in [-0.05, 0) is 46.7 Å². The minimum absolute atomic E-state index is 0.341. The van der Waals surface area contributed by atoms with Crippen molar-refractivity contribution in [2.24, 2.45) is 5.92 Å². The van der Waals surface area contributed by atoms with E-state index in [9.17, 15) is 9.59 Å². The highest BCUT2D eigenvalue weighted by atomic mass is 35.5. The number of amides is 2. The number of benzene rings is 4. The van der Waals surface area contributed by atoms with Crippen LogP contribution in [0.4, 0.5) is 11.4 Å². The molecule has 34 heavy (non-hydrogen) atoms. The fourth-order valence-electron chi connectivity index (χ4n) is 4.96. The lowest BCUT2D eigenvalue weighted by Crippen LogP contribution is -2.37. The number of carbonyl (C=O) groups is 2. The second-order valence-corrected chi connectivity index (χ2v) is 9.24. The zero-order chi connectivity index (χ0) is 23.4. The maximum atomic E-state index is 13.8. The molecule has 4 aromatic carbocycles. The lowest BCUT2D eigenvalue weighted by Gasteiger charge is -2.29. The highest BCUT2D eigenvalue weighted by molar-refractivity contribution is 6.35. The van der Waals surface area contributed by atoms with Gasteiger partial charge in [0, 0.05) is 10.0 Å². The van der Waals surface area contributed by atoms with Crippen LogP contribution in [0.2, 0.25) is 10.0 Å². The van der Waals surface area contributed by atoms with Crippen molar-refractivity contribution in [2.75, 3.05) is 9.96 Å². The molecule has 0 N–H and O–H groups in total. The summed E-state index contributed by atoms with van der Waals surface area (Å²) < 4.78 is 0. The Kier molecular flexibility index (Phi) is 5.06. The number of imide groups is 1. The van der Waals surface area contributed by atoms with E-state index in [1.54, 1.807) is 23.3 Å². The number of rotatable bonds is 3. The normalized spacial score (nSPS) is 22.0. The largest absolute Gasteiger partial charge is 0.273 e. The highest BCUT2D eigenvalue weighted by Gasteiger charge is 2.60. The summed E-state index contributed by atoms with van der Waals surface area (Å²) in [5.41, 5.74) is 2.03. The maximum Gasteiger partial charge on any atom is 0.266 e. The van der Waals surface area contributed by atoms with Crippen molar-refractivity contribution in [2.45, 2.75) is 12.1 Å². The number of fused-ring (bicyclic) bond motifs is 2. The van der Waals surface area contributed by atoms with Gasteiger partial charge in [-0.2, -0.15) is 0 Å². The van der Waals surface area contributed by atoms with Gasteiger partial charge in [-0.1, -0.05) is 83.9 Å². The third-order valence-electron chi connectivity index (χ3n) is 6.37. The summed E-state index contributed by atoms with van der Waals surface area (Å²) in [6.45, 7) is 0. The van der Waals surface area contributed by atoms with E-state index in [-0.39, 0.29) is 5.91 Å². The Bertz CT molecular complexity index is 1420. The quantitative estimate of drug-likeness (QED) is 0.322. The molecule has 2 fully saturated rings. The molecule has 3 atom stereocenters. The number of nitrogens with zero attached hydrogens (tertiary/aromatic N) is 2. The number of para-hydroxylation sites is 1. The first-order valence-electron chi connectivity index (χ1n) is 10.9. The number of hydrogen-bond donors (Lipinski definition) is 0. The molecule has 0 spiro atoms. The fourth-order valence-corrected chi connectivity index (χ4v) is 5.47. The standard InChI is InChI=1S/C27H18Cl2N2O3/c28-17-13-18(29)15-20(14-17)30-26(32)23-24(22-12-6-8-16-7-4-5-11-21(16)22)31(34-25(23)27(30)33)19-9-2-1-3-10-19/h1-15,23-25H. The van der Waals surface area contributed by atoms with Gasteiger partial charge < -0.3 is 0 Å². The van der Waals surface area contributed by atoms with Crippen molar-refractivity contribution in [3.05, 3.63) is 107 Å². The summed E-state index contributed by atoms with van der Waals surface area (Å²) in [5, 5.41) is 4.45. The fraction of sp³-hybridized carbons (Fsp3) is 0.111. The molecule has 7 heteroatoms. The Hall–Kier alpha value is -3.38. The van der Waals surface area contributed by atoms with E-state index in [0.29, 0.717) is 15.7 Å². The van der Waals surface area contributed by atoms with Gasteiger partial charge in [-0.25, -0.2) is 9.96 Å². The topological polar surface area (TPSA) is 49.9 Å². The van der Waals surface area contributed by atoms with Crippen LogP contribution in [0, 0.1) is 5.92 Å². The molecule has 0 saturated carbocycles. The van der Waals surface area contributed by atoms with E-state index < -0.39 is 24.0 Å². The minimum Gasteiger partial charge on any atom is -0.273 e. The summed E-state index contributed by atoms with van der Waals surface area (Å²) in [7, 11) is 0. The summed E-state index contributed by atoms with van der Waals surface area (Å²) in [5.74, 6) is -1.52. The number of halogens is 2. The molecule has 0 aliphatic carbocycles. The monoisotopic (exact) mass is 488 g/mol. The molecule has 0 bridgehead atoms. The molecule has 0 aromatic heterocycles. The zero-order valence-corrected chi connectivity index (χ0v) is 19.3. The van der Waals surface area contributed by atoms with Gasteiger partial charge in [0.15, 0.2) is 6.10 Å². The first-order chi connectivity index (χ1) is 16.5. The van der Waals surface area contributed by atoms with Crippen LogP contribution in [-0.2, 0) is 14.4 Å². The van der Waals surface area contributed by atoms with Crippen molar-refractivity contribution >= 4 is 57.2 Å². The molecular weight excluding hydrogens is 471 g/mol. The average Bonchev–Trinajstić information content (AvgIpc) is 3.34. The Labute approximate surface area is 206 Å². The van der Waals surface area contributed by atoms with E-state index >= 15 is 0 Å². The van der Waals surface area contributed by atoms with Gasteiger partial charge in [0.1, 0.15) is 5.92 Å². The molecule has 6 rings (SSSR count). The first-order valence-corrected chi connectivity index (χ1v) is 11.6. The van der Waals surface area contributed by atoms with Crippen LogP contribution in [0.15, 0.2) is 91.0 Å². The highest BCUT2D eigenvalue weighted by Crippen LogP contribution is 2.49. The Morgan fingerprint density at radius 1 is 0.706 bits per heavy atom. The van der Waals surface area contributed by atoms with E-state index in [1.807, 2.05) is 72.8 Å². The number of hydroxylamine groups is 1. The average molecular weight is 489 g/mol. The molecule has 4 aromatic rings. The summed E-state index contributed by atoms with van der Waals surface area (Å²) in [6.07, 6.45) is -0.963.